The minimum Gasteiger partial charge on any atom is -0.464 e. The van der Waals surface area contributed by atoms with E-state index in [0.717, 1.165) is 32.6 Å². The highest BCUT2D eigenvalue weighted by Gasteiger charge is 2.28. The van der Waals surface area contributed by atoms with Gasteiger partial charge in [-0.3, -0.25) is 9.59 Å². The van der Waals surface area contributed by atoms with Gasteiger partial charge < -0.3 is 19.5 Å². The van der Waals surface area contributed by atoms with Gasteiger partial charge in [0, 0.05) is 21.2 Å². The maximum Gasteiger partial charge on any atom is 0.260 e. The van der Waals surface area contributed by atoms with Crippen LogP contribution in [0.15, 0.2) is 69.9 Å². The van der Waals surface area contributed by atoms with Gasteiger partial charge in [-0.2, -0.15) is 0 Å². The normalized spacial score (nSPS) is 15.0. The van der Waals surface area contributed by atoms with Crippen molar-refractivity contribution in [3.8, 4) is 0 Å². The number of hydrogen-bond donors (Lipinski definition) is 2. The molecule has 2 aromatic heterocycles. The summed E-state index contributed by atoms with van der Waals surface area (Å²) < 4.78 is 10.9. The van der Waals surface area contributed by atoms with Crippen LogP contribution in [0.1, 0.15) is 11.5 Å². The van der Waals surface area contributed by atoms with Crippen molar-refractivity contribution in [3.05, 3.63) is 83.0 Å². The Kier molecular flexibility index (Phi) is 2.81. The van der Waals surface area contributed by atoms with Crippen molar-refractivity contribution >= 4 is 45.1 Å². The molecular weight excluding hydrogens is 356 g/mol. The van der Waals surface area contributed by atoms with Crippen molar-refractivity contribution in [1.82, 2.24) is 0 Å². The van der Waals surface area contributed by atoms with E-state index < -0.39 is 0 Å². The summed E-state index contributed by atoms with van der Waals surface area (Å²) in [6, 6.07) is 14.6. The molecule has 0 saturated heterocycles. The Hall–Kier alpha value is -4.06. The Bertz CT molecular complexity index is 1320. The van der Waals surface area contributed by atoms with Gasteiger partial charge in [-0.15, -0.1) is 0 Å². The van der Waals surface area contributed by atoms with E-state index in [0.29, 0.717) is 22.7 Å². The van der Waals surface area contributed by atoms with Crippen LogP contribution in [0.5, 0.6) is 0 Å². The van der Waals surface area contributed by atoms with Crippen LogP contribution in [0.25, 0.3) is 21.9 Å². The largest absolute Gasteiger partial charge is 0.464 e. The lowest BCUT2D eigenvalue weighted by atomic mass is 10.0. The molecule has 0 unspecified atom stereocenters. The zero-order valence-electron chi connectivity index (χ0n) is 14.4. The topological polar surface area (TPSA) is 84.5 Å². The second-order valence-electron chi connectivity index (χ2n) is 6.68. The number of hydrogen-bond acceptors (Lipinski definition) is 4. The van der Waals surface area contributed by atoms with Gasteiger partial charge in [0.2, 0.25) is 0 Å². The third-order valence-corrected chi connectivity index (χ3v) is 5.21. The van der Waals surface area contributed by atoms with Gasteiger partial charge in [-0.05, 0) is 24.3 Å². The molecule has 6 heteroatoms. The third kappa shape index (κ3) is 1.86. The second-order valence-corrected chi connectivity index (χ2v) is 6.68. The van der Waals surface area contributed by atoms with Crippen molar-refractivity contribution in [2.24, 2.45) is 0 Å². The molecule has 2 aromatic carbocycles. The van der Waals surface area contributed by atoms with Crippen LogP contribution in [0.4, 0.5) is 11.4 Å². The molecule has 6 rings (SSSR count). The minimum atomic E-state index is -0.204. The summed E-state index contributed by atoms with van der Waals surface area (Å²) in [5, 5.41) is 9.17. The lowest BCUT2D eigenvalue weighted by Gasteiger charge is -2.07. The maximum atomic E-state index is 12.6. The Labute approximate surface area is 157 Å². The molecule has 2 amide bonds. The van der Waals surface area contributed by atoms with E-state index in [1.165, 1.54) is 0 Å². The molecule has 0 aliphatic carbocycles. The SMILES string of the molecule is O=C1Nc2c(ccc3c4c(ccc23)=C(c2ccco2)C(=O)N4)=C1c1ccco1. The van der Waals surface area contributed by atoms with Gasteiger partial charge in [0.1, 0.15) is 11.5 Å². The molecule has 0 bridgehead atoms. The number of furan rings is 2. The Morgan fingerprint density at radius 1 is 0.607 bits per heavy atom. The molecule has 134 valence electrons. The number of amides is 2. The van der Waals surface area contributed by atoms with E-state index in [1.54, 1.807) is 36.8 Å². The first-order valence-electron chi connectivity index (χ1n) is 8.77. The van der Waals surface area contributed by atoms with Gasteiger partial charge in [0.25, 0.3) is 11.8 Å². The predicted octanol–water partition coefficient (Wildman–Crippen LogP) is 2.33. The quantitative estimate of drug-likeness (QED) is 0.569. The van der Waals surface area contributed by atoms with E-state index in [4.69, 9.17) is 8.83 Å². The van der Waals surface area contributed by atoms with Gasteiger partial charge >= 0.3 is 0 Å². The van der Waals surface area contributed by atoms with Crippen LogP contribution in [-0.4, -0.2) is 11.8 Å². The number of nitrogens with one attached hydrogen (secondary N) is 2. The molecule has 0 spiro atoms. The number of anilines is 2. The smallest absolute Gasteiger partial charge is 0.260 e. The van der Waals surface area contributed by atoms with Crippen LogP contribution in [0.3, 0.4) is 0 Å². The van der Waals surface area contributed by atoms with E-state index in [2.05, 4.69) is 10.6 Å². The highest BCUT2D eigenvalue weighted by molar-refractivity contribution is 6.33. The van der Waals surface area contributed by atoms with Gasteiger partial charge in [0.05, 0.1) is 35.0 Å². The molecule has 2 N–H and O–H groups in total. The first-order valence-corrected chi connectivity index (χ1v) is 8.77. The maximum absolute atomic E-state index is 12.6. The van der Waals surface area contributed by atoms with Crippen LogP contribution < -0.4 is 21.1 Å². The molecular formula is C22H12N2O4. The second kappa shape index (κ2) is 5.23. The summed E-state index contributed by atoms with van der Waals surface area (Å²) in [6.07, 6.45) is 3.09. The number of carbonyl (C=O) groups excluding carboxylic acids is 2. The lowest BCUT2D eigenvalue weighted by molar-refractivity contribution is -0.111. The molecule has 28 heavy (non-hydrogen) atoms. The van der Waals surface area contributed by atoms with Crippen LogP contribution >= 0.6 is 0 Å². The van der Waals surface area contributed by atoms with E-state index >= 15 is 0 Å². The summed E-state index contributed by atoms with van der Waals surface area (Å²) in [7, 11) is 0. The van der Waals surface area contributed by atoms with Crippen molar-refractivity contribution in [2.45, 2.75) is 0 Å². The number of carbonyl (C=O) groups is 2. The molecule has 0 atom stereocenters. The summed E-state index contributed by atoms with van der Waals surface area (Å²) in [5.41, 5.74) is 2.46. The highest BCUT2D eigenvalue weighted by Crippen LogP contribution is 2.32. The average molecular weight is 368 g/mol. The molecule has 0 saturated carbocycles. The molecule has 4 heterocycles. The number of fused-ring (bicyclic) bond motifs is 5. The first-order chi connectivity index (χ1) is 13.7. The molecule has 2 aliphatic heterocycles. The standard InChI is InChI=1S/C22H12N2O4/c25-21-17(15-3-1-9-27-15)13-7-5-12-11(19(13)23-21)6-8-14-18(16-4-2-10-28-16)22(26)24-20(12)14/h1-10H,(H,23,25)(H,24,26). The summed E-state index contributed by atoms with van der Waals surface area (Å²) in [6.45, 7) is 0. The van der Waals surface area contributed by atoms with Crippen molar-refractivity contribution in [2.75, 3.05) is 10.6 Å². The first kappa shape index (κ1) is 15.0. The van der Waals surface area contributed by atoms with Gasteiger partial charge in [-0.1, -0.05) is 24.3 Å². The van der Waals surface area contributed by atoms with Crippen molar-refractivity contribution in [1.29, 1.82) is 0 Å². The predicted molar refractivity (Wildman–Crippen MR) is 103 cm³/mol. The fraction of sp³-hybridized carbons (Fsp3) is 0. The number of benzene rings is 2. The average Bonchev–Trinajstić information content (AvgIpc) is 3.46. The van der Waals surface area contributed by atoms with E-state index in [-0.39, 0.29) is 11.8 Å². The third-order valence-electron chi connectivity index (χ3n) is 5.21. The van der Waals surface area contributed by atoms with E-state index in [1.807, 2.05) is 24.3 Å². The number of rotatable bonds is 2. The highest BCUT2D eigenvalue weighted by atomic mass is 16.3. The Balaban J connectivity index is 1.68. The van der Waals surface area contributed by atoms with Crippen LogP contribution in [-0.2, 0) is 9.59 Å². The van der Waals surface area contributed by atoms with Crippen molar-refractivity contribution in [3.63, 3.8) is 0 Å². The molecule has 6 nitrogen and oxygen atoms in total. The van der Waals surface area contributed by atoms with Gasteiger partial charge in [0.15, 0.2) is 0 Å². The van der Waals surface area contributed by atoms with Gasteiger partial charge in [-0.25, -0.2) is 0 Å². The zero-order valence-corrected chi connectivity index (χ0v) is 14.4. The lowest BCUT2D eigenvalue weighted by Crippen LogP contribution is -2.08. The minimum absolute atomic E-state index is 0.204. The molecule has 4 aromatic rings. The zero-order chi connectivity index (χ0) is 18.8. The molecule has 0 fully saturated rings. The molecule has 2 aliphatic rings. The fourth-order valence-electron chi connectivity index (χ4n) is 4.02. The monoisotopic (exact) mass is 368 g/mol. The fourth-order valence-corrected chi connectivity index (χ4v) is 4.02. The Morgan fingerprint density at radius 2 is 1.07 bits per heavy atom. The van der Waals surface area contributed by atoms with Crippen LogP contribution in [0, 0.1) is 0 Å². The van der Waals surface area contributed by atoms with Crippen LogP contribution in [0.2, 0.25) is 0 Å². The molecule has 0 radical (unpaired) electrons. The Morgan fingerprint density at radius 3 is 1.46 bits per heavy atom. The van der Waals surface area contributed by atoms with Crippen molar-refractivity contribution < 1.29 is 18.4 Å². The summed E-state index contributed by atoms with van der Waals surface area (Å²) in [4.78, 5) is 25.1. The van der Waals surface area contributed by atoms with E-state index in [9.17, 15) is 9.59 Å². The summed E-state index contributed by atoms with van der Waals surface area (Å²) in [5.74, 6) is 0.645. The summed E-state index contributed by atoms with van der Waals surface area (Å²) >= 11 is 0.